The van der Waals surface area contributed by atoms with Crippen LogP contribution in [0.4, 0.5) is 0 Å². The molecule has 3 aliphatic rings. The summed E-state index contributed by atoms with van der Waals surface area (Å²) in [6.07, 6.45) is 7.79. The van der Waals surface area contributed by atoms with E-state index in [1.807, 2.05) is 0 Å². The zero-order valence-corrected chi connectivity index (χ0v) is 12.2. The normalized spacial score (nSPS) is 38.0. The van der Waals surface area contributed by atoms with Crippen LogP contribution in [-0.4, -0.2) is 48.1 Å². The number of hydrogen-bond acceptors (Lipinski definition) is 3. The largest absolute Gasteiger partial charge is 0.298 e. The highest BCUT2D eigenvalue weighted by atomic mass is 15.3. The molecule has 0 aromatic carbocycles. The van der Waals surface area contributed by atoms with Gasteiger partial charge in [-0.1, -0.05) is 13.3 Å². The number of nitriles is 1. The molecule has 2 saturated carbocycles. The van der Waals surface area contributed by atoms with Crippen LogP contribution in [0.5, 0.6) is 0 Å². The minimum absolute atomic E-state index is 0.287. The summed E-state index contributed by atoms with van der Waals surface area (Å²) in [4.78, 5) is 5.30. The van der Waals surface area contributed by atoms with Crippen molar-refractivity contribution in [3.8, 4) is 6.07 Å². The molecule has 1 aliphatic heterocycles. The van der Waals surface area contributed by atoms with Crippen molar-refractivity contribution in [2.45, 2.75) is 57.5 Å². The Kier molecular flexibility index (Phi) is 4.10. The summed E-state index contributed by atoms with van der Waals surface area (Å²) in [6, 6.07) is 4.04. The Morgan fingerprint density at radius 2 is 1.68 bits per heavy atom. The van der Waals surface area contributed by atoms with E-state index >= 15 is 0 Å². The van der Waals surface area contributed by atoms with Crippen molar-refractivity contribution in [2.75, 3.05) is 26.2 Å². The van der Waals surface area contributed by atoms with Gasteiger partial charge in [0.25, 0.3) is 0 Å². The monoisotopic (exact) mass is 261 g/mol. The van der Waals surface area contributed by atoms with Gasteiger partial charge in [0.15, 0.2) is 0 Å². The van der Waals surface area contributed by atoms with E-state index in [0.29, 0.717) is 6.04 Å². The summed E-state index contributed by atoms with van der Waals surface area (Å²) in [5.74, 6) is 1.14. The Hall–Kier alpha value is -0.590. The van der Waals surface area contributed by atoms with Crippen LogP contribution in [0, 0.1) is 23.2 Å². The van der Waals surface area contributed by atoms with Crippen LogP contribution >= 0.6 is 0 Å². The summed E-state index contributed by atoms with van der Waals surface area (Å²) < 4.78 is 0. The Balaban J connectivity index is 1.58. The van der Waals surface area contributed by atoms with E-state index in [2.05, 4.69) is 22.8 Å². The smallest absolute Gasteiger partial charge is 0.0672 e. The molecule has 3 fully saturated rings. The van der Waals surface area contributed by atoms with Gasteiger partial charge in [-0.15, -0.1) is 0 Å². The summed E-state index contributed by atoms with van der Waals surface area (Å²) in [5, 5.41) is 9.41. The third kappa shape index (κ3) is 2.95. The number of piperazine rings is 1. The van der Waals surface area contributed by atoms with Crippen molar-refractivity contribution >= 4 is 0 Å². The molecule has 3 heteroatoms. The average molecular weight is 261 g/mol. The summed E-state index contributed by atoms with van der Waals surface area (Å²) >= 11 is 0. The Morgan fingerprint density at radius 3 is 2.26 bits per heavy atom. The minimum atomic E-state index is 0.287. The lowest BCUT2D eigenvalue weighted by atomic mass is 9.77. The molecule has 1 heterocycles. The zero-order valence-electron chi connectivity index (χ0n) is 12.2. The van der Waals surface area contributed by atoms with Crippen LogP contribution < -0.4 is 0 Å². The van der Waals surface area contributed by atoms with Crippen molar-refractivity contribution in [3.05, 3.63) is 0 Å². The second-order valence-corrected chi connectivity index (χ2v) is 6.69. The van der Waals surface area contributed by atoms with Crippen molar-refractivity contribution in [1.82, 2.24) is 9.80 Å². The molecule has 0 amide bonds. The molecule has 3 unspecified atom stereocenters. The van der Waals surface area contributed by atoms with Gasteiger partial charge < -0.3 is 0 Å². The van der Waals surface area contributed by atoms with Gasteiger partial charge in [0, 0.05) is 38.3 Å². The minimum Gasteiger partial charge on any atom is -0.298 e. The molecule has 0 radical (unpaired) electrons. The second kappa shape index (κ2) is 5.81. The van der Waals surface area contributed by atoms with Crippen molar-refractivity contribution in [1.29, 1.82) is 5.26 Å². The molecular formula is C16H27N3. The predicted octanol–water partition coefficient (Wildman–Crippen LogP) is 2.48. The van der Waals surface area contributed by atoms with Gasteiger partial charge in [-0.05, 0) is 38.0 Å². The maximum atomic E-state index is 9.41. The molecule has 2 aliphatic carbocycles. The fourth-order valence-corrected chi connectivity index (χ4v) is 4.03. The van der Waals surface area contributed by atoms with Crippen LogP contribution in [0.15, 0.2) is 0 Å². The van der Waals surface area contributed by atoms with E-state index in [-0.39, 0.29) is 5.92 Å². The van der Waals surface area contributed by atoms with Crippen molar-refractivity contribution in [3.63, 3.8) is 0 Å². The zero-order chi connectivity index (χ0) is 13.2. The quantitative estimate of drug-likeness (QED) is 0.782. The first kappa shape index (κ1) is 13.4. The third-order valence-corrected chi connectivity index (χ3v) is 5.55. The first-order chi connectivity index (χ1) is 9.31. The lowest BCUT2D eigenvalue weighted by molar-refractivity contribution is 0.0461. The maximum absolute atomic E-state index is 9.41. The van der Waals surface area contributed by atoms with E-state index in [9.17, 15) is 5.26 Å². The fraction of sp³-hybridized carbons (Fsp3) is 0.938. The van der Waals surface area contributed by atoms with Gasteiger partial charge in [-0.2, -0.15) is 5.26 Å². The highest BCUT2D eigenvalue weighted by Gasteiger charge is 2.37. The molecule has 106 valence electrons. The highest BCUT2D eigenvalue weighted by Crippen LogP contribution is 2.35. The lowest BCUT2D eigenvalue weighted by Gasteiger charge is -2.44. The lowest BCUT2D eigenvalue weighted by Crippen LogP contribution is -2.54. The molecule has 0 bridgehead atoms. The molecule has 3 nitrogen and oxygen atoms in total. The van der Waals surface area contributed by atoms with E-state index in [4.69, 9.17) is 0 Å². The number of hydrogen-bond donors (Lipinski definition) is 0. The van der Waals surface area contributed by atoms with E-state index in [0.717, 1.165) is 18.4 Å². The van der Waals surface area contributed by atoms with Crippen LogP contribution in [0.1, 0.15) is 45.4 Å². The van der Waals surface area contributed by atoms with Crippen LogP contribution in [-0.2, 0) is 0 Å². The number of rotatable bonds is 3. The van der Waals surface area contributed by atoms with Crippen LogP contribution in [0.3, 0.4) is 0 Å². The molecule has 0 aromatic rings. The van der Waals surface area contributed by atoms with Gasteiger partial charge >= 0.3 is 0 Å². The van der Waals surface area contributed by atoms with E-state index < -0.39 is 0 Å². The van der Waals surface area contributed by atoms with Gasteiger partial charge in [0.2, 0.25) is 0 Å². The average Bonchev–Trinajstić information content (AvgIpc) is 3.31. The molecule has 19 heavy (non-hydrogen) atoms. The summed E-state index contributed by atoms with van der Waals surface area (Å²) in [7, 11) is 0. The maximum Gasteiger partial charge on any atom is 0.0672 e. The molecule has 0 N–H and O–H groups in total. The second-order valence-electron chi connectivity index (χ2n) is 6.69. The van der Waals surface area contributed by atoms with Crippen LogP contribution in [0.25, 0.3) is 0 Å². The summed E-state index contributed by atoms with van der Waals surface area (Å²) in [5.41, 5.74) is 0. The predicted molar refractivity (Wildman–Crippen MR) is 76.7 cm³/mol. The SMILES string of the molecule is CCC1CCC(C#N)C(N2CCN(C3CC3)CC2)C1. The fourth-order valence-electron chi connectivity index (χ4n) is 4.03. The van der Waals surface area contributed by atoms with Crippen LogP contribution in [0.2, 0.25) is 0 Å². The van der Waals surface area contributed by atoms with E-state index in [1.54, 1.807) is 0 Å². The first-order valence-corrected chi connectivity index (χ1v) is 8.19. The Labute approximate surface area is 117 Å². The molecule has 0 spiro atoms. The van der Waals surface area contributed by atoms with Gasteiger partial charge in [0.1, 0.15) is 0 Å². The third-order valence-electron chi connectivity index (χ3n) is 5.55. The Bertz CT molecular complexity index is 336. The van der Waals surface area contributed by atoms with E-state index in [1.165, 1.54) is 58.3 Å². The first-order valence-electron chi connectivity index (χ1n) is 8.19. The highest BCUT2D eigenvalue weighted by molar-refractivity contribution is 4.99. The molecule has 0 aromatic heterocycles. The standard InChI is InChI=1S/C16H27N3/c1-2-13-3-4-14(12-17)16(11-13)19-9-7-18(8-10-19)15-5-6-15/h13-16H,2-11H2,1H3. The molecule has 3 atom stereocenters. The number of nitrogens with zero attached hydrogens (tertiary/aromatic N) is 3. The summed E-state index contributed by atoms with van der Waals surface area (Å²) in [6.45, 7) is 7.15. The van der Waals surface area contributed by atoms with Gasteiger partial charge in [0.05, 0.1) is 12.0 Å². The van der Waals surface area contributed by atoms with Gasteiger partial charge in [-0.3, -0.25) is 9.80 Å². The van der Waals surface area contributed by atoms with Gasteiger partial charge in [-0.25, -0.2) is 0 Å². The van der Waals surface area contributed by atoms with Crippen molar-refractivity contribution in [2.24, 2.45) is 11.8 Å². The van der Waals surface area contributed by atoms with Crippen molar-refractivity contribution < 1.29 is 0 Å². The topological polar surface area (TPSA) is 30.3 Å². The molecular weight excluding hydrogens is 234 g/mol. The molecule has 3 rings (SSSR count). The molecule has 1 saturated heterocycles. The Morgan fingerprint density at radius 1 is 1.00 bits per heavy atom.